The predicted octanol–water partition coefficient (Wildman–Crippen LogP) is 1.87. The van der Waals surface area contributed by atoms with Gasteiger partial charge < -0.3 is 10.3 Å². The lowest BCUT2D eigenvalue weighted by Gasteiger charge is -2.41. The second kappa shape index (κ2) is 5.57. The molecule has 5 heteroatoms. The van der Waals surface area contributed by atoms with Crippen LogP contribution >= 0.6 is 0 Å². The van der Waals surface area contributed by atoms with Crippen LogP contribution in [0.2, 0.25) is 0 Å². The average Bonchev–Trinajstić information content (AvgIpc) is 2.42. The van der Waals surface area contributed by atoms with Crippen LogP contribution in [0.4, 0.5) is 5.69 Å². The number of likely N-dealkylation sites (tertiary alicyclic amines) is 1. The molecular formula is C14H22N4O. The summed E-state index contributed by atoms with van der Waals surface area (Å²) in [5.74, 6) is 6.51. The summed E-state index contributed by atoms with van der Waals surface area (Å²) < 4.78 is 0. The molecule has 1 aromatic heterocycles. The molecule has 1 aliphatic rings. The Morgan fingerprint density at radius 1 is 1.47 bits per heavy atom. The van der Waals surface area contributed by atoms with Gasteiger partial charge in [-0.05, 0) is 31.2 Å². The Balaban J connectivity index is 2.27. The fourth-order valence-electron chi connectivity index (χ4n) is 2.83. The number of hydrogen-bond donors (Lipinski definition) is 2. The van der Waals surface area contributed by atoms with Crippen LogP contribution in [0, 0.1) is 11.8 Å². The van der Waals surface area contributed by atoms with Gasteiger partial charge in [-0.15, -0.1) is 0 Å². The van der Waals surface area contributed by atoms with Gasteiger partial charge in [-0.25, -0.2) is 0 Å². The maximum atomic E-state index is 12.7. The van der Waals surface area contributed by atoms with Crippen LogP contribution in [0.1, 0.15) is 37.6 Å². The van der Waals surface area contributed by atoms with Gasteiger partial charge in [0.05, 0.1) is 11.3 Å². The summed E-state index contributed by atoms with van der Waals surface area (Å²) in [6.45, 7) is 7.30. The predicted molar refractivity (Wildman–Crippen MR) is 75.5 cm³/mol. The first-order chi connectivity index (χ1) is 9.04. The van der Waals surface area contributed by atoms with E-state index < -0.39 is 0 Å². The highest BCUT2D eigenvalue weighted by molar-refractivity contribution is 5.99. The number of amides is 1. The van der Waals surface area contributed by atoms with Crippen molar-refractivity contribution in [2.45, 2.75) is 33.2 Å². The van der Waals surface area contributed by atoms with E-state index in [4.69, 9.17) is 5.84 Å². The second-order valence-corrected chi connectivity index (χ2v) is 5.58. The minimum atomic E-state index is 0.00644. The third kappa shape index (κ3) is 2.71. The molecule has 1 amide bonds. The molecule has 3 unspecified atom stereocenters. The van der Waals surface area contributed by atoms with Crippen molar-refractivity contribution in [1.82, 2.24) is 9.88 Å². The molecule has 1 aliphatic heterocycles. The molecule has 0 spiro atoms. The minimum Gasteiger partial charge on any atom is -0.335 e. The molecule has 1 aromatic rings. The van der Waals surface area contributed by atoms with E-state index >= 15 is 0 Å². The number of carbonyl (C=O) groups is 1. The summed E-state index contributed by atoms with van der Waals surface area (Å²) in [7, 11) is 0. The van der Waals surface area contributed by atoms with E-state index in [-0.39, 0.29) is 11.9 Å². The number of rotatable bonds is 2. The Kier molecular flexibility index (Phi) is 4.04. The Labute approximate surface area is 114 Å². The topological polar surface area (TPSA) is 71.2 Å². The fourth-order valence-corrected chi connectivity index (χ4v) is 2.83. The number of nitrogens with two attached hydrogens (primary N) is 1. The monoisotopic (exact) mass is 262 g/mol. The van der Waals surface area contributed by atoms with E-state index in [2.05, 4.69) is 31.2 Å². The van der Waals surface area contributed by atoms with Crippen LogP contribution in [-0.4, -0.2) is 28.4 Å². The lowest BCUT2D eigenvalue weighted by atomic mass is 9.85. The van der Waals surface area contributed by atoms with Gasteiger partial charge in [0, 0.05) is 25.0 Å². The van der Waals surface area contributed by atoms with Gasteiger partial charge in [-0.2, -0.15) is 0 Å². The number of hydrogen-bond acceptors (Lipinski definition) is 4. The number of nitrogens with one attached hydrogen (secondary N) is 1. The summed E-state index contributed by atoms with van der Waals surface area (Å²) in [4.78, 5) is 18.6. The fraction of sp³-hybridized carbons (Fsp3) is 0.571. The van der Waals surface area contributed by atoms with Crippen molar-refractivity contribution in [2.24, 2.45) is 17.7 Å². The van der Waals surface area contributed by atoms with Crippen molar-refractivity contribution in [3.63, 3.8) is 0 Å². The SMILES string of the molecule is CC1CC(C)C(C)N(C(=O)c2cnccc2NN)C1. The quantitative estimate of drug-likeness (QED) is 0.630. The lowest BCUT2D eigenvalue weighted by molar-refractivity contribution is 0.0456. The molecule has 0 saturated carbocycles. The van der Waals surface area contributed by atoms with Gasteiger partial charge in [0.25, 0.3) is 5.91 Å². The first-order valence-corrected chi connectivity index (χ1v) is 6.76. The van der Waals surface area contributed by atoms with E-state index in [0.29, 0.717) is 23.1 Å². The largest absolute Gasteiger partial charge is 0.335 e. The van der Waals surface area contributed by atoms with Crippen molar-refractivity contribution in [3.8, 4) is 0 Å². The molecule has 3 atom stereocenters. The standard InChI is InChI=1S/C14H22N4O/c1-9-6-10(2)11(3)18(8-9)14(19)12-7-16-5-4-13(12)17-15/h4-5,7,9-11H,6,8,15H2,1-3H3,(H,16,17). The van der Waals surface area contributed by atoms with E-state index in [1.165, 1.54) is 6.42 Å². The smallest absolute Gasteiger partial charge is 0.257 e. The lowest BCUT2D eigenvalue weighted by Crippen LogP contribution is -2.49. The minimum absolute atomic E-state index is 0.00644. The molecule has 5 nitrogen and oxygen atoms in total. The molecule has 0 radical (unpaired) electrons. The third-order valence-electron chi connectivity index (χ3n) is 4.07. The van der Waals surface area contributed by atoms with E-state index in [9.17, 15) is 4.79 Å². The van der Waals surface area contributed by atoms with E-state index in [1.807, 2.05) is 4.90 Å². The number of nitrogen functional groups attached to an aromatic ring is 1. The summed E-state index contributed by atoms with van der Waals surface area (Å²) in [6.07, 6.45) is 4.37. The first-order valence-electron chi connectivity index (χ1n) is 6.76. The molecule has 2 heterocycles. The number of piperidine rings is 1. The van der Waals surface area contributed by atoms with Crippen LogP contribution < -0.4 is 11.3 Å². The van der Waals surface area contributed by atoms with Gasteiger partial charge in [0.2, 0.25) is 0 Å². The van der Waals surface area contributed by atoms with E-state index in [1.54, 1.807) is 18.5 Å². The summed E-state index contributed by atoms with van der Waals surface area (Å²) in [6, 6.07) is 1.96. The molecule has 2 rings (SSSR count). The maximum absolute atomic E-state index is 12.7. The zero-order valence-electron chi connectivity index (χ0n) is 11.8. The van der Waals surface area contributed by atoms with Crippen molar-refractivity contribution >= 4 is 11.6 Å². The van der Waals surface area contributed by atoms with Crippen molar-refractivity contribution in [2.75, 3.05) is 12.0 Å². The molecule has 0 bridgehead atoms. The van der Waals surface area contributed by atoms with Crippen LogP contribution in [0.5, 0.6) is 0 Å². The van der Waals surface area contributed by atoms with Crippen LogP contribution in [0.25, 0.3) is 0 Å². The molecule has 104 valence electrons. The molecule has 1 saturated heterocycles. The number of aromatic nitrogens is 1. The van der Waals surface area contributed by atoms with Crippen molar-refractivity contribution < 1.29 is 4.79 Å². The second-order valence-electron chi connectivity index (χ2n) is 5.58. The van der Waals surface area contributed by atoms with Gasteiger partial charge in [0.15, 0.2) is 0 Å². The number of pyridine rings is 1. The molecule has 1 fully saturated rings. The van der Waals surface area contributed by atoms with Crippen LogP contribution in [0.3, 0.4) is 0 Å². The molecule has 3 N–H and O–H groups in total. The summed E-state index contributed by atoms with van der Waals surface area (Å²) in [5, 5.41) is 0. The number of anilines is 1. The normalized spacial score (nSPS) is 27.2. The van der Waals surface area contributed by atoms with Gasteiger partial charge >= 0.3 is 0 Å². The van der Waals surface area contributed by atoms with E-state index in [0.717, 1.165) is 6.54 Å². The van der Waals surface area contributed by atoms with Gasteiger partial charge in [-0.1, -0.05) is 13.8 Å². The average molecular weight is 262 g/mol. The van der Waals surface area contributed by atoms with Gasteiger partial charge in [-0.3, -0.25) is 15.6 Å². The van der Waals surface area contributed by atoms with Gasteiger partial charge in [0.1, 0.15) is 0 Å². The highest BCUT2D eigenvalue weighted by Gasteiger charge is 2.33. The molecular weight excluding hydrogens is 240 g/mol. The number of nitrogens with zero attached hydrogens (tertiary/aromatic N) is 2. The molecule has 19 heavy (non-hydrogen) atoms. The highest BCUT2D eigenvalue weighted by atomic mass is 16.2. The molecule has 0 aliphatic carbocycles. The highest BCUT2D eigenvalue weighted by Crippen LogP contribution is 2.29. The van der Waals surface area contributed by atoms with Crippen molar-refractivity contribution in [3.05, 3.63) is 24.0 Å². The van der Waals surface area contributed by atoms with Crippen LogP contribution in [0.15, 0.2) is 18.5 Å². The zero-order valence-corrected chi connectivity index (χ0v) is 11.8. The Morgan fingerprint density at radius 3 is 2.89 bits per heavy atom. The first kappa shape index (κ1) is 13.8. The number of hydrazine groups is 1. The van der Waals surface area contributed by atoms with Crippen LogP contribution in [-0.2, 0) is 0 Å². The zero-order chi connectivity index (χ0) is 14.0. The molecule has 0 aromatic carbocycles. The van der Waals surface area contributed by atoms with Crippen molar-refractivity contribution in [1.29, 1.82) is 0 Å². The third-order valence-corrected chi connectivity index (χ3v) is 4.07. The number of carbonyl (C=O) groups excluding carboxylic acids is 1. The maximum Gasteiger partial charge on any atom is 0.257 e. The summed E-state index contributed by atoms with van der Waals surface area (Å²) >= 11 is 0. The Bertz CT molecular complexity index is 463. The summed E-state index contributed by atoms with van der Waals surface area (Å²) in [5.41, 5.74) is 3.73. The Hall–Kier alpha value is -1.62. The Morgan fingerprint density at radius 2 is 2.21 bits per heavy atom.